The summed E-state index contributed by atoms with van der Waals surface area (Å²) in [5.74, 6) is 0. The van der Waals surface area contributed by atoms with Crippen LogP contribution in [-0.4, -0.2) is 9.78 Å². The van der Waals surface area contributed by atoms with Crippen LogP contribution in [0.4, 0.5) is 0 Å². The summed E-state index contributed by atoms with van der Waals surface area (Å²) < 4.78 is 3.09. The molecule has 0 aliphatic rings. The van der Waals surface area contributed by atoms with Gasteiger partial charge in [0.1, 0.15) is 5.52 Å². The summed E-state index contributed by atoms with van der Waals surface area (Å²) in [5, 5.41) is 5.73. The molecule has 0 aliphatic heterocycles. The molecule has 13 heavy (non-hydrogen) atoms. The van der Waals surface area contributed by atoms with Gasteiger partial charge in [0, 0.05) is 22.1 Å². The number of halogens is 1. The topological polar surface area (TPSA) is 17.8 Å². The third-order valence-electron chi connectivity index (χ3n) is 2.28. The number of hydrogen-bond acceptors (Lipinski definition) is 1. The number of fused-ring (bicyclic) bond motifs is 1. The lowest BCUT2D eigenvalue weighted by Gasteiger charge is -1.96. The first-order valence-corrected chi connectivity index (χ1v) is 5.15. The van der Waals surface area contributed by atoms with Crippen molar-refractivity contribution in [2.24, 2.45) is 0 Å². The molecule has 2 rings (SSSR count). The van der Waals surface area contributed by atoms with Crippen LogP contribution in [0.5, 0.6) is 0 Å². The summed E-state index contributed by atoms with van der Waals surface area (Å²) in [5.41, 5.74) is 2.29. The number of nitrogens with zero attached hydrogens (tertiary/aromatic N) is 2. The molecule has 0 N–H and O–H groups in total. The Bertz CT molecular complexity index is 445. The first-order valence-electron chi connectivity index (χ1n) is 4.35. The highest BCUT2D eigenvalue weighted by Crippen LogP contribution is 2.24. The zero-order valence-electron chi connectivity index (χ0n) is 7.71. The van der Waals surface area contributed by atoms with Crippen molar-refractivity contribution in [3.63, 3.8) is 0 Å². The predicted octanol–water partition coefficient (Wildman–Crippen LogP) is 3.13. The van der Waals surface area contributed by atoms with Crippen LogP contribution in [0, 0.1) is 6.92 Å². The second-order valence-corrected chi connectivity index (χ2v) is 3.89. The van der Waals surface area contributed by atoms with Crippen LogP contribution in [0.3, 0.4) is 0 Å². The highest BCUT2D eigenvalue weighted by atomic mass is 79.9. The van der Waals surface area contributed by atoms with Gasteiger partial charge in [-0.25, -0.2) is 0 Å². The van der Waals surface area contributed by atoms with Gasteiger partial charge in [0.2, 0.25) is 0 Å². The van der Waals surface area contributed by atoms with E-state index in [-0.39, 0.29) is 0 Å². The minimum absolute atomic E-state index is 0.924. The molecular formula is C10H11BrN2. The van der Waals surface area contributed by atoms with E-state index in [1.54, 1.807) is 0 Å². The Balaban J connectivity index is 2.83. The largest absolute Gasteiger partial charge is 0.269 e. The Morgan fingerprint density at radius 3 is 2.85 bits per heavy atom. The van der Waals surface area contributed by atoms with Gasteiger partial charge < -0.3 is 0 Å². The first-order chi connectivity index (χ1) is 6.24. The van der Waals surface area contributed by atoms with Gasteiger partial charge >= 0.3 is 0 Å². The number of aryl methyl sites for hydroxylation is 2. The average Bonchev–Trinajstić information content (AvgIpc) is 2.45. The summed E-state index contributed by atoms with van der Waals surface area (Å²) in [6, 6.07) is 6.17. The van der Waals surface area contributed by atoms with Gasteiger partial charge in [-0.15, -0.1) is 0 Å². The van der Waals surface area contributed by atoms with E-state index in [0.29, 0.717) is 0 Å². The summed E-state index contributed by atoms with van der Waals surface area (Å²) in [7, 11) is 0. The fourth-order valence-corrected chi connectivity index (χ4v) is 2.00. The zero-order valence-corrected chi connectivity index (χ0v) is 9.30. The fourth-order valence-electron chi connectivity index (χ4n) is 1.55. The Kier molecular flexibility index (Phi) is 2.12. The maximum absolute atomic E-state index is 4.50. The summed E-state index contributed by atoms with van der Waals surface area (Å²) in [6.45, 7) is 5.13. The molecule has 0 unspecified atom stereocenters. The van der Waals surface area contributed by atoms with E-state index in [1.165, 1.54) is 11.1 Å². The number of hydrogen-bond donors (Lipinski definition) is 0. The third kappa shape index (κ3) is 1.27. The maximum atomic E-state index is 4.50. The van der Waals surface area contributed by atoms with Crippen molar-refractivity contribution in [2.45, 2.75) is 20.4 Å². The summed E-state index contributed by atoms with van der Waals surface area (Å²) in [6.07, 6.45) is 0. The van der Waals surface area contributed by atoms with E-state index in [0.717, 1.165) is 16.5 Å². The van der Waals surface area contributed by atoms with Crippen LogP contribution in [0.15, 0.2) is 22.7 Å². The molecule has 0 fully saturated rings. The van der Waals surface area contributed by atoms with Crippen molar-refractivity contribution in [3.05, 3.63) is 28.4 Å². The molecule has 0 bridgehead atoms. The Labute approximate surface area is 85.7 Å². The molecule has 68 valence electrons. The Morgan fingerprint density at radius 2 is 2.23 bits per heavy atom. The highest BCUT2D eigenvalue weighted by Gasteiger charge is 2.07. The van der Waals surface area contributed by atoms with E-state index in [4.69, 9.17) is 0 Å². The zero-order chi connectivity index (χ0) is 9.42. The molecule has 0 saturated heterocycles. The molecule has 0 atom stereocenters. The molecule has 2 aromatic rings. The van der Waals surface area contributed by atoms with Gasteiger partial charge in [-0.2, -0.15) is 5.10 Å². The average molecular weight is 239 g/mol. The standard InChI is InChI=1S/C10H11BrN2/c1-3-13-7(2)8-5-4-6-9(11)10(8)12-13/h4-6H,3H2,1-2H3. The van der Waals surface area contributed by atoms with Gasteiger partial charge in [-0.1, -0.05) is 12.1 Å². The van der Waals surface area contributed by atoms with Gasteiger partial charge in [0.05, 0.1) is 0 Å². The lowest BCUT2D eigenvalue weighted by Crippen LogP contribution is -1.97. The second-order valence-electron chi connectivity index (χ2n) is 3.04. The first kappa shape index (κ1) is 8.75. The molecule has 0 radical (unpaired) electrons. The summed E-state index contributed by atoms with van der Waals surface area (Å²) >= 11 is 3.50. The molecule has 0 spiro atoms. The SMILES string of the molecule is CCn1nc2c(Br)cccc2c1C. The summed E-state index contributed by atoms with van der Waals surface area (Å²) in [4.78, 5) is 0. The Hall–Kier alpha value is -0.830. The predicted molar refractivity (Wildman–Crippen MR) is 57.8 cm³/mol. The van der Waals surface area contributed by atoms with Crippen LogP contribution >= 0.6 is 15.9 Å². The molecule has 3 heteroatoms. The van der Waals surface area contributed by atoms with E-state index >= 15 is 0 Å². The lowest BCUT2D eigenvalue weighted by atomic mass is 10.2. The van der Waals surface area contributed by atoms with Crippen LogP contribution in [0.1, 0.15) is 12.6 Å². The maximum Gasteiger partial charge on any atom is 0.107 e. The highest BCUT2D eigenvalue weighted by molar-refractivity contribution is 9.10. The van der Waals surface area contributed by atoms with Crippen LogP contribution in [0.25, 0.3) is 10.9 Å². The van der Waals surface area contributed by atoms with Crippen molar-refractivity contribution in [1.29, 1.82) is 0 Å². The van der Waals surface area contributed by atoms with Gasteiger partial charge in [0.25, 0.3) is 0 Å². The molecular weight excluding hydrogens is 228 g/mol. The lowest BCUT2D eigenvalue weighted by molar-refractivity contribution is 0.647. The second kappa shape index (κ2) is 3.14. The van der Waals surface area contributed by atoms with Crippen molar-refractivity contribution >= 4 is 26.8 Å². The molecule has 1 aromatic carbocycles. The molecule has 1 heterocycles. The van der Waals surface area contributed by atoms with Crippen molar-refractivity contribution in [1.82, 2.24) is 9.78 Å². The number of rotatable bonds is 1. The normalized spacial score (nSPS) is 11.0. The van der Waals surface area contributed by atoms with E-state index < -0.39 is 0 Å². The van der Waals surface area contributed by atoms with Crippen molar-refractivity contribution in [3.8, 4) is 0 Å². The monoisotopic (exact) mass is 238 g/mol. The minimum atomic E-state index is 0.924. The Morgan fingerprint density at radius 1 is 1.46 bits per heavy atom. The number of benzene rings is 1. The van der Waals surface area contributed by atoms with Crippen LogP contribution in [-0.2, 0) is 6.54 Å². The molecule has 2 nitrogen and oxygen atoms in total. The molecule has 0 amide bonds. The van der Waals surface area contributed by atoms with Gasteiger partial charge in [0.15, 0.2) is 0 Å². The third-order valence-corrected chi connectivity index (χ3v) is 2.92. The van der Waals surface area contributed by atoms with E-state index in [9.17, 15) is 0 Å². The van der Waals surface area contributed by atoms with Crippen molar-refractivity contribution < 1.29 is 0 Å². The van der Waals surface area contributed by atoms with Crippen LogP contribution in [0.2, 0.25) is 0 Å². The number of aromatic nitrogens is 2. The van der Waals surface area contributed by atoms with Gasteiger partial charge in [-0.05, 0) is 35.8 Å². The van der Waals surface area contributed by atoms with Crippen molar-refractivity contribution in [2.75, 3.05) is 0 Å². The fraction of sp³-hybridized carbons (Fsp3) is 0.300. The van der Waals surface area contributed by atoms with E-state index in [2.05, 4.69) is 40.9 Å². The molecule has 0 aliphatic carbocycles. The minimum Gasteiger partial charge on any atom is -0.269 e. The van der Waals surface area contributed by atoms with Gasteiger partial charge in [-0.3, -0.25) is 4.68 Å². The molecule has 1 aromatic heterocycles. The van der Waals surface area contributed by atoms with E-state index in [1.807, 2.05) is 16.8 Å². The molecule has 0 saturated carbocycles. The van der Waals surface area contributed by atoms with Crippen LogP contribution < -0.4 is 0 Å². The smallest absolute Gasteiger partial charge is 0.107 e. The quantitative estimate of drug-likeness (QED) is 0.747.